The first-order valence-electron chi connectivity index (χ1n) is 12.2. The Kier molecular flexibility index (Phi) is 6.29. The van der Waals surface area contributed by atoms with Crippen LogP contribution in [0.2, 0.25) is 0 Å². The molecule has 194 valence electrons. The number of aromatic nitrogens is 1. The molecule has 2 aliphatic carbocycles. The van der Waals surface area contributed by atoms with E-state index < -0.39 is 28.9 Å². The molecule has 1 aromatic heterocycles. The van der Waals surface area contributed by atoms with Gasteiger partial charge in [-0.3, -0.25) is 9.78 Å². The molecule has 0 radical (unpaired) electrons. The van der Waals surface area contributed by atoms with E-state index in [-0.39, 0.29) is 36.5 Å². The van der Waals surface area contributed by atoms with Crippen molar-refractivity contribution in [1.29, 1.82) is 0 Å². The Hall–Kier alpha value is -2.62. The van der Waals surface area contributed by atoms with Gasteiger partial charge in [-0.05, 0) is 54.9 Å². The molecule has 4 nitrogen and oxygen atoms in total. The molecule has 10 heteroatoms. The van der Waals surface area contributed by atoms with E-state index in [1.54, 1.807) is 11.0 Å². The molecule has 0 bridgehead atoms. The molecule has 3 unspecified atom stereocenters. The smallest absolute Gasteiger partial charge is 0.337 e. The summed E-state index contributed by atoms with van der Waals surface area (Å²) >= 11 is 0. The lowest BCUT2D eigenvalue weighted by Gasteiger charge is -2.37. The maximum Gasteiger partial charge on any atom is 0.417 e. The number of alkyl halides is 6. The van der Waals surface area contributed by atoms with E-state index in [1.807, 2.05) is 0 Å². The predicted molar refractivity (Wildman–Crippen MR) is 119 cm³/mol. The molecule has 2 heterocycles. The summed E-state index contributed by atoms with van der Waals surface area (Å²) in [4.78, 5) is 19.4. The van der Waals surface area contributed by atoms with Crippen molar-refractivity contribution in [1.82, 2.24) is 15.2 Å². The molecular formula is C26H27F6N3O. The van der Waals surface area contributed by atoms with Crippen molar-refractivity contribution in [3.05, 3.63) is 64.5 Å². The van der Waals surface area contributed by atoms with Crippen LogP contribution in [0, 0.1) is 11.3 Å². The van der Waals surface area contributed by atoms with Crippen LogP contribution in [-0.4, -0.2) is 28.4 Å². The zero-order chi connectivity index (χ0) is 25.7. The van der Waals surface area contributed by atoms with E-state index in [4.69, 9.17) is 0 Å². The summed E-state index contributed by atoms with van der Waals surface area (Å²) in [5.41, 5.74) is -0.929. The highest BCUT2D eigenvalue weighted by Gasteiger charge is 2.56. The number of nitrogens with zero attached hydrogens (tertiary/aromatic N) is 2. The second kappa shape index (κ2) is 9.04. The minimum absolute atomic E-state index is 0.0481. The van der Waals surface area contributed by atoms with Crippen LogP contribution in [-0.2, 0) is 36.7 Å². The first kappa shape index (κ1) is 25.0. The fourth-order valence-electron chi connectivity index (χ4n) is 6.42. The molecule has 0 spiro atoms. The molecule has 2 aromatic rings. The highest BCUT2D eigenvalue weighted by Crippen LogP contribution is 2.55. The predicted octanol–water partition coefficient (Wildman–Crippen LogP) is 5.74. The largest absolute Gasteiger partial charge is 0.417 e. The number of hydrogen-bond donors (Lipinski definition) is 1. The van der Waals surface area contributed by atoms with Gasteiger partial charge in [-0.25, -0.2) is 0 Å². The lowest BCUT2D eigenvalue weighted by Crippen LogP contribution is -2.47. The van der Waals surface area contributed by atoms with Gasteiger partial charge >= 0.3 is 12.4 Å². The Balaban J connectivity index is 1.30. The lowest BCUT2D eigenvalue weighted by molar-refractivity contribution is -0.144. The van der Waals surface area contributed by atoms with Gasteiger partial charge in [0.05, 0.1) is 16.5 Å². The van der Waals surface area contributed by atoms with Crippen LogP contribution in [0.4, 0.5) is 26.3 Å². The zero-order valence-electron chi connectivity index (χ0n) is 19.6. The molecular weight excluding hydrogens is 484 g/mol. The third kappa shape index (κ3) is 4.60. The van der Waals surface area contributed by atoms with Crippen LogP contribution in [0.15, 0.2) is 36.5 Å². The molecule has 0 saturated heterocycles. The van der Waals surface area contributed by atoms with Gasteiger partial charge in [-0.1, -0.05) is 24.6 Å². The van der Waals surface area contributed by atoms with E-state index in [0.717, 1.165) is 31.2 Å². The van der Waals surface area contributed by atoms with Crippen molar-refractivity contribution in [2.45, 2.75) is 70.0 Å². The van der Waals surface area contributed by atoms with E-state index >= 15 is 0 Å². The standard InChI is InChI=1S/C26H27F6N3O/c27-25(28,29)19-10-17-15-35(9-7-22(17)34-14-19)23(36)24-8-3-5-18(24)11-20(12-24)33-13-16-4-1-2-6-21(16)26(30,31)32/h1-2,4,6,10,14,18,20,33H,3,5,7-9,11-13,15H2. The van der Waals surface area contributed by atoms with Crippen molar-refractivity contribution < 1.29 is 31.1 Å². The Morgan fingerprint density at radius 1 is 1.14 bits per heavy atom. The second-order valence-corrected chi connectivity index (χ2v) is 10.2. The van der Waals surface area contributed by atoms with Gasteiger partial charge in [0.15, 0.2) is 0 Å². The van der Waals surface area contributed by atoms with Crippen LogP contribution in [0.25, 0.3) is 0 Å². The number of nitrogens with one attached hydrogen (secondary N) is 1. The maximum atomic E-state index is 13.8. The van der Waals surface area contributed by atoms with Gasteiger partial charge in [-0.15, -0.1) is 0 Å². The minimum Gasteiger partial charge on any atom is -0.337 e. The fraction of sp³-hybridized carbons (Fsp3) is 0.538. The van der Waals surface area contributed by atoms with E-state index in [9.17, 15) is 31.1 Å². The average molecular weight is 512 g/mol. The number of halogens is 6. The number of amides is 1. The third-order valence-corrected chi connectivity index (χ3v) is 8.12. The number of rotatable bonds is 4. The summed E-state index contributed by atoms with van der Waals surface area (Å²) in [6.45, 7) is 0.548. The molecule has 2 fully saturated rings. The van der Waals surface area contributed by atoms with Gasteiger partial charge in [-0.2, -0.15) is 26.3 Å². The summed E-state index contributed by atoms with van der Waals surface area (Å²) in [5.74, 6) is 0.0643. The Morgan fingerprint density at radius 2 is 1.92 bits per heavy atom. The molecule has 2 saturated carbocycles. The SMILES string of the molecule is O=C(N1CCc2ncc(C(F)(F)F)cc2C1)C12CCCC1CC(NCc1ccccc1C(F)(F)F)C2. The summed E-state index contributed by atoms with van der Waals surface area (Å²) in [6.07, 6.45) is -4.03. The van der Waals surface area contributed by atoms with Gasteiger partial charge in [0.2, 0.25) is 5.91 Å². The number of carbonyl (C=O) groups excluding carboxylic acids is 1. The van der Waals surface area contributed by atoms with Crippen LogP contribution in [0.5, 0.6) is 0 Å². The molecule has 1 aliphatic heterocycles. The van der Waals surface area contributed by atoms with Crippen LogP contribution >= 0.6 is 0 Å². The van der Waals surface area contributed by atoms with Crippen molar-refractivity contribution in [3.8, 4) is 0 Å². The van der Waals surface area contributed by atoms with Crippen LogP contribution in [0.1, 0.15) is 60.1 Å². The quantitative estimate of drug-likeness (QED) is 0.533. The van der Waals surface area contributed by atoms with E-state index in [0.29, 0.717) is 43.5 Å². The number of pyridine rings is 1. The second-order valence-electron chi connectivity index (χ2n) is 10.2. The maximum absolute atomic E-state index is 13.8. The van der Waals surface area contributed by atoms with Gasteiger partial charge in [0.25, 0.3) is 0 Å². The Morgan fingerprint density at radius 3 is 2.67 bits per heavy atom. The minimum atomic E-state index is -4.50. The Bertz CT molecular complexity index is 1150. The van der Waals surface area contributed by atoms with E-state index in [1.165, 1.54) is 12.1 Å². The molecule has 3 atom stereocenters. The molecule has 1 N–H and O–H groups in total. The summed E-state index contributed by atoms with van der Waals surface area (Å²) in [5, 5.41) is 3.26. The lowest BCUT2D eigenvalue weighted by atomic mass is 9.78. The molecule has 3 aliphatic rings. The number of carbonyl (C=O) groups is 1. The molecule has 1 aromatic carbocycles. The third-order valence-electron chi connectivity index (χ3n) is 8.12. The van der Waals surface area contributed by atoms with Gasteiger partial charge < -0.3 is 10.2 Å². The Labute approximate surface area is 205 Å². The number of hydrogen-bond acceptors (Lipinski definition) is 3. The normalized spacial score (nSPS) is 26.1. The number of fused-ring (bicyclic) bond motifs is 2. The fourth-order valence-corrected chi connectivity index (χ4v) is 6.42. The molecule has 1 amide bonds. The molecule has 5 rings (SSSR count). The molecule has 36 heavy (non-hydrogen) atoms. The summed E-state index contributed by atoms with van der Waals surface area (Å²) in [7, 11) is 0. The van der Waals surface area contributed by atoms with Crippen LogP contribution < -0.4 is 5.32 Å². The average Bonchev–Trinajstić information content (AvgIpc) is 3.39. The van der Waals surface area contributed by atoms with Crippen molar-refractivity contribution >= 4 is 5.91 Å². The highest BCUT2D eigenvalue weighted by atomic mass is 19.4. The van der Waals surface area contributed by atoms with E-state index in [2.05, 4.69) is 10.3 Å². The first-order chi connectivity index (χ1) is 17.0. The zero-order valence-corrected chi connectivity index (χ0v) is 19.6. The van der Waals surface area contributed by atoms with Gasteiger partial charge in [0, 0.05) is 44.0 Å². The number of benzene rings is 1. The highest BCUT2D eigenvalue weighted by molar-refractivity contribution is 5.84. The summed E-state index contributed by atoms with van der Waals surface area (Å²) in [6, 6.07) is 6.45. The topological polar surface area (TPSA) is 45.2 Å². The monoisotopic (exact) mass is 511 g/mol. The van der Waals surface area contributed by atoms with Crippen LogP contribution in [0.3, 0.4) is 0 Å². The van der Waals surface area contributed by atoms with Gasteiger partial charge in [0.1, 0.15) is 0 Å². The first-order valence-corrected chi connectivity index (χ1v) is 12.2. The summed E-state index contributed by atoms with van der Waals surface area (Å²) < 4.78 is 79.6. The van der Waals surface area contributed by atoms with Crippen molar-refractivity contribution in [3.63, 3.8) is 0 Å². The van der Waals surface area contributed by atoms with Crippen molar-refractivity contribution in [2.75, 3.05) is 6.54 Å². The van der Waals surface area contributed by atoms with Crippen molar-refractivity contribution in [2.24, 2.45) is 11.3 Å².